The molecule has 8 aromatic heterocycles. The topological polar surface area (TPSA) is 224 Å². The highest BCUT2D eigenvalue weighted by atomic mass is 32.1. The molecule has 0 aliphatic rings. The van der Waals surface area contributed by atoms with E-state index in [1.165, 1.54) is 40.3 Å². The van der Waals surface area contributed by atoms with Crippen LogP contribution < -0.4 is 25.9 Å². The number of aromatic amines is 1. The van der Waals surface area contributed by atoms with Gasteiger partial charge in [-0.15, -0.1) is 53.9 Å². The minimum absolute atomic E-state index is 0.637. The van der Waals surface area contributed by atoms with Gasteiger partial charge in [0.05, 0.1) is 6.20 Å². The van der Waals surface area contributed by atoms with Crippen LogP contribution in [0.25, 0.3) is 20.5 Å². The lowest BCUT2D eigenvalue weighted by atomic mass is 10.7. The number of H-pyrrole nitrogens is 1. The monoisotopic (exact) mass is 901 g/mol. The van der Waals surface area contributed by atoms with Crippen LogP contribution in [0.2, 0.25) is 0 Å². The first-order chi connectivity index (χ1) is 29.6. The van der Waals surface area contributed by atoms with Crippen molar-refractivity contribution in [2.24, 2.45) is 0 Å². The predicted octanol–water partition coefficient (Wildman–Crippen LogP) is 8.15. The second kappa shape index (κ2) is 33.1. The normalized spacial score (nSPS) is 9.27. The summed E-state index contributed by atoms with van der Waals surface area (Å²) in [4.78, 5) is 32.9. The molecular formula is C36H61N20S4+. The largest absolute Gasteiger partial charge is 0.371 e. The third kappa shape index (κ3) is 17.6. The summed E-state index contributed by atoms with van der Waals surface area (Å²) >= 11 is 6.15. The van der Waals surface area contributed by atoms with Crippen LogP contribution in [0.3, 0.4) is 0 Å². The molecule has 5 N–H and O–H groups in total. The quantitative estimate of drug-likeness (QED) is 0.0730. The van der Waals surface area contributed by atoms with Crippen molar-refractivity contribution < 1.29 is 4.68 Å². The Kier molecular flexibility index (Phi) is 28.9. The Morgan fingerprint density at radius 1 is 0.533 bits per heavy atom. The van der Waals surface area contributed by atoms with Crippen molar-refractivity contribution >= 4 is 69.1 Å². The number of thiazole rings is 4. The predicted molar refractivity (Wildman–Crippen MR) is 249 cm³/mol. The molecule has 8 aromatic rings. The first kappa shape index (κ1) is 52.3. The smallest absolute Gasteiger partial charge is 0.354 e. The second-order valence-electron chi connectivity index (χ2n) is 9.45. The fourth-order valence-electron chi connectivity index (χ4n) is 3.85. The average Bonchev–Trinajstić information content (AvgIpc) is 4.12. The summed E-state index contributed by atoms with van der Waals surface area (Å²) in [6.45, 7) is 27.4. The molecule has 0 fully saturated rings. The Morgan fingerprint density at radius 3 is 1.43 bits per heavy atom. The van der Waals surface area contributed by atoms with E-state index in [2.05, 4.69) is 81.5 Å². The SMILES string of the molecule is CC.CC.CC.CC.CCNc1nc[nH][n+]1-c1nccs1.CCNc1ncn(-c2nccs2)n1.CCNc1ncn(-c2nccs2)n1.CCNc1ncnn1-c1nccs1. The molecule has 0 unspecified atom stereocenters. The standard InChI is InChI=1S/4C7H9N5S.4C2H6/c2*1-2-8-6-10-5-12(11-6)7-9-3-4-13-7;2*1-2-8-6-10-5-11-12(6)7-9-3-4-13-7;4*1-2/h2*3-5H,2H2,1H3,(H,8,11);2*3-5H,2H2,1H3,(H,8,10,11);4*1-2H3/p+1. The maximum atomic E-state index is 4.18. The first-order valence-corrected chi connectivity index (χ1v) is 23.4. The van der Waals surface area contributed by atoms with Gasteiger partial charge in [-0.25, -0.2) is 30.0 Å². The summed E-state index contributed by atoms with van der Waals surface area (Å²) in [5, 5.41) is 38.7. The number of hydrogen-bond acceptors (Lipinski definition) is 19. The molecule has 60 heavy (non-hydrogen) atoms. The lowest BCUT2D eigenvalue weighted by Crippen LogP contribution is -2.35. The van der Waals surface area contributed by atoms with E-state index < -0.39 is 0 Å². The summed E-state index contributed by atoms with van der Waals surface area (Å²) in [6, 6.07) is 0. The van der Waals surface area contributed by atoms with E-state index >= 15 is 0 Å². The molecule has 0 aliphatic heterocycles. The number of nitrogens with one attached hydrogen (secondary N) is 5. The first-order valence-electron chi connectivity index (χ1n) is 19.9. The zero-order valence-corrected chi connectivity index (χ0v) is 39.9. The molecule has 0 atom stereocenters. The molecule has 0 aliphatic carbocycles. The number of nitrogens with zero attached hydrogens (tertiary/aromatic N) is 15. The van der Waals surface area contributed by atoms with Gasteiger partial charge in [0.1, 0.15) is 19.0 Å². The van der Waals surface area contributed by atoms with Crippen LogP contribution in [0.1, 0.15) is 83.1 Å². The van der Waals surface area contributed by atoms with E-state index in [4.69, 9.17) is 0 Å². The summed E-state index contributed by atoms with van der Waals surface area (Å²) in [5.74, 6) is 2.80. The molecular weight excluding hydrogens is 841 g/mol. The van der Waals surface area contributed by atoms with Gasteiger partial charge in [-0.1, -0.05) is 71.7 Å². The minimum Gasteiger partial charge on any atom is -0.354 e. The van der Waals surface area contributed by atoms with Crippen molar-refractivity contribution in [1.82, 2.24) is 74.3 Å². The summed E-state index contributed by atoms with van der Waals surface area (Å²) in [6.07, 6.45) is 13.5. The number of aromatic nitrogens is 16. The Labute approximate surface area is 369 Å². The zero-order chi connectivity index (χ0) is 44.4. The molecule has 0 spiro atoms. The zero-order valence-electron chi connectivity index (χ0n) is 36.6. The van der Waals surface area contributed by atoms with Gasteiger partial charge in [0, 0.05) is 66.3 Å². The number of rotatable bonds is 12. The van der Waals surface area contributed by atoms with Crippen molar-refractivity contribution in [2.75, 3.05) is 47.4 Å². The van der Waals surface area contributed by atoms with Gasteiger partial charge in [0.25, 0.3) is 0 Å². The molecule has 0 radical (unpaired) electrons. The molecule has 8 rings (SSSR count). The molecule has 0 saturated carbocycles. The summed E-state index contributed by atoms with van der Waals surface area (Å²) in [5.41, 5.74) is 0. The molecule has 0 bridgehead atoms. The number of anilines is 4. The summed E-state index contributed by atoms with van der Waals surface area (Å²) < 4.78 is 6.81. The van der Waals surface area contributed by atoms with Crippen molar-refractivity contribution in [3.05, 3.63) is 71.6 Å². The molecule has 8 heterocycles. The Bertz CT molecular complexity index is 1920. The molecule has 20 nitrogen and oxygen atoms in total. The lowest BCUT2D eigenvalue weighted by molar-refractivity contribution is -0.642. The highest BCUT2D eigenvalue weighted by Gasteiger charge is 2.14. The minimum atomic E-state index is 0.637. The van der Waals surface area contributed by atoms with Crippen LogP contribution in [0.5, 0.6) is 0 Å². The van der Waals surface area contributed by atoms with Crippen molar-refractivity contribution in [3.8, 4) is 20.5 Å². The average molecular weight is 902 g/mol. The Balaban J connectivity index is 0.000000378. The second-order valence-corrected chi connectivity index (χ2v) is 12.9. The van der Waals surface area contributed by atoms with Crippen LogP contribution in [0.15, 0.2) is 71.6 Å². The van der Waals surface area contributed by atoms with Crippen molar-refractivity contribution in [3.63, 3.8) is 0 Å². The van der Waals surface area contributed by atoms with Gasteiger partial charge < -0.3 is 16.0 Å². The van der Waals surface area contributed by atoms with Gasteiger partial charge >= 0.3 is 11.1 Å². The van der Waals surface area contributed by atoms with Crippen molar-refractivity contribution in [1.29, 1.82) is 0 Å². The van der Waals surface area contributed by atoms with Crippen LogP contribution in [0.4, 0.5) is 23.8 Å². The van der Waals surface area contributed by atoms with Crippen LogP contribution >= 0.6 is 45.3 Å². The molecule has 328 valence electrons. The van der Waals surface area contributed by atoms with E-state index in [1.807, 2.05) is 109 Å². The highest BCUT2D eigenvalue weighted by Crippen LogP contribution is 2.14. The van der Waals surface area contributed by atoms with E-state index in [1.54, 1.807) is 69.2 Å². The van der Waals surface area contributed by atoms with Crippen LogP contribution in [-0.4, -0.2) is 100 Å². The highest BCUT2D eigenvalue weighted by molar-refractivity contribution is 7.12. The Morgan fingerprint density at radius 2 is 1.00 bits per heavy atom. The fourth-order valence-corrected chi connectivity index (χ4v) is 6.18. The van der Waals surface area contributed by atoms with Gasteiger partial charge in [0.15, 0.2) is 6.33 Å². The van der Waals surface area contributed by atoms with Gasteiger partial charge in [-0.2, -0.15) is 24.1 Å². The third-order valence-electron chi connectivity index (χ3n) is 5.90. The van der Waals surface area contributed by atoms with Gasteiger partial charge in [-0.3, -0.25) is 5.32 Å². The fraction of sp³-hybridized carbons (Fsp3) is 0.444. The Hall–Kier alpha value is -5.72. The maximum absolute atomic E-state index is 4.18. The van der Waals surface area contributed by atoms with E-state index in [-0.39, 0.29) is 0 Å². The van der Waals surface area contributed by atoms with Crippen LogP contribution in [-0.2, 0) is 0 Å². The summed E-state index contributed by atoms with van der Waals surface area (Å²) in [7, 11) is 0. The van der Waals surface area contributed by atoms with E-state index in [0.717, 1.165) is 58.6 Å². The van der Waals surface area contributed by atoms with Crippen LogP contribution in [0, 0.1) is 0 Å². The lowest BCUT2D eigenvalue weighted by Gasteiger charge is -2.01. The van der Waals surface area contributed by atoms with E-state index in [9.17, 15) is 0 Å². The third-order valence-corrected chi connectivity index (χ3v) is 8.92. The number of hydrogen-bond donors (Lipinski definition) is 5. The van der Waals surface area contributed by atoms with Crippen molar-refractivity contribution in [2.45, 2.75) is 83.1 Å². The maximum Gasteiger partial charge on any atom is 0.371 e. The van der Waals surface area contributed by atoms with Gasteiger partial charge in [-0.05, 0) is 27.7 Å². The molecule has 24 heteroatoms. The van der Waals surface area contributed by atoms with Gasteiger partial charge in [0.2, 0.25) is 33.2 Å². The molecule has 0 amide bonds. The van der Waals surface area contributed by atoms with E-state index in [0.29, 0.717) is 11.9 Å². The molecule has 0 saturated heterocycles. The molecule has 0 aromatic carbocycles.